The highest BCUT2D eigenvalue weighted by Crippen LogP contribution is 2.49. The topological polar surface area (TPSA) is 22.3 Å². The number of hydrogen-bond acceptors (Lipinski definition) is 2. The van der Waals surface area contributed by atoms with Crippen LogP contribution in [-0.4, -0.2) is 4.98 Å². The van der Waals surface area contributed by atoms with E-state index in [0.717, 1.165) is 45.2 Å². The Kier molecular flexibility index (Phi) is 9.73. The summed E-state index contributed by atoms with van der Waals surface area (Å²) in [5, 5.41) is 9.64. The van der Waals surface area contributed by atoms with Crippen LogP contribution in [0.4, 0.5) is 34.1 Å². The van der Waals surface area contributed by atoms with Crippen molar-refractivity contribution >= 4 is 88.2 Å². The number of nitrogens with one attached hydrogen (secondary N) is 1. The molecule has 0 aliphatic carbocycles. The van der Waals surface area contributed by atoms with Crippen LogP contribution in [0.2, 0.25) is 0 Å². The number of nitrogens with zero attached hydrogens (tertiary/aromatic N) is 2. The van der Waals surface area contributed by atoms with Crippen LogP contribution in [0.1, 0.15) is 26.3 Å². The van der Waals surface area contributed by atoms with Gasteiger partial charge in [-0.1, -0.05) is 160 Å². The number of para-hydroxylation sites is 4. The van der Waals surface area contributed by atoms with Gasteiger partial charge < -0.3 is 14.8 Å². The first-order valence-electron chi connectivity index (χ1n) is 23.3. The SMILES string of the molecule is CC(C)(C)c1ccc(N(c2ccccc2)c2ccc3c(-c4ccc5ccccc5c4)c4cc(N(c5ccccc5)c5ccccc5)ccc4c(-c4ccc5[nH]c6ccccc6c5c4)c3c2)cc1. The molecule has 0 fully saturated rings. The summed E-state index contributed by atoms with van der Waals surface area (Å²) < 4.78 is 0. The Bertz CT molecular complexity index is 3730. The Labute approximate surface area is 391 Å². The quantitative estimate of drug-likeness (QED) is 0.154. The maximum absolute atomic E-state index is 3.69. The van der Waals surface area contributed by atoms with Crippen molar-refractivity contribution in [2.24, 2.45) is 0 Å². The lowest BCUT2D eigenvalue weighted by Gasteiger charge is -2.28. The van der Waals surface area contributed by atoms with Crippen LogP contribution >= 0.6 is 0 Å². The van der Waals surface area contributed by atoms with Crippen molar-refractivity contribution in [3.63, 3.8) is 0 Å². The lowest BCUT2D eigenvalue weighted by atomic mass is 9.84. The lowest BCUT2D eigenvalue weighted by Crippen LogP contribution is -2.13. The predicted molar refractivity (Wildman–Crippen MR) is 287 cm³/mol. The molecular formula is C64H49N3. The summed E-state index contributed by atoms with van der Waals surface area (Å²) in [7, 11) is 0. The molecular weight excluding hydrogens is 811 g/mol. The second-order valence-electron chi connectivity index (χ2n) is 18.7. The van der Waals surface area contributed by atoms with Gasteiger partial charge in [-0.05, 0) is 163 Å². The van der Waals surface area contributed by atoms with E-state index in [4.69, 9.17) is 0 Å². The van der Waals surface area contributed by atoms with Crippen molar-refractivity contribution in [1.82, 2.24) is 4.98 Å². The highest BCUT2D eigenvalue weighted by molar-refractivity contribution is 6.24. The van der Waals surface area contributed by atoms with E-state index in [0.29, 0.717) is 0 Å². The van der Waals surface area contributed by atoms with Crippen molar-refractivity contribution in [3.8, 4) is 22.3 Å². The van der Waals surface area contributed by atoms with E-state index in [1.54, 1.807) is 0 Å². The van der Waals surface area contributed by atoms with E-state index in [-0.39, 0.29) is 5.41 Å². The number of aromatic amines is 1. The van der Waals surface area contributed by atoms with Gasteiger partial charge in [-0.15, -0.1) is 0 Å². The smallest absolute Gasteiger partial charge is 0.0468 e. The van der Waals surface area contributed by atoms with E-state index in [1.807, 2.05) is 0 Å². The minimum atomic E-state index is 0.0408. The molecule has 0 radical (unpaired) electrons. The predicted octanol–water partition coefficient (Wildman–Crippen LogP) is 18.4. The third-order valence-electron chi connectivity index (χ3n) is 13.5. The van der Waals surface area contributed by atoms with Gasteiger partial charge in [0.25, 0.3) is 0 Å². The van der Waals surface area contributed by atoms with Gasteiger partial charge in [0.2, 0.25) is 0 Å². The molecule has 0 amide bonds. The molecule has 12 aromatic rings. The van der Waals surface area contributed by atoms with Crippen LogP contribution in [0.25, 0.3) is 76.4 Å². The van der Waals surface area contributed by atoms with Crippen molar-refractivity contribution in [2.75, 3.05) is 9.80 Å². The highest BCUT2D eigenvalue weighted by Gasteiger charge is 2.23. The van der Waals surface area contributed by atoms with Crippen LogP contribution < -0.4 is 9.80 Å². The fourth-order valence-corrected chi connectivity index (χ4v) is 10.2. The largest absolute Gasteiger partial charge is 0.355 e. The van der Waals surface area contributed by atoms with Gasteiger partial charge in [0, 0.05) is 55.9 Å². The van der Waals surface area contributed by atoms with E-state index < -0.39 is 0 Å². The average Bonchev–Trinajstić information content (AvgIpc) is 3.74. The summed E-state index contributed by atoms with van der Waals surface area (Å²) in [5.74, 6) is 0. The third kappa shape index (κ3) is 7.17. The van der Waals surface area contributed by atoms with E-state index >= 15 is 0 Å². The average molecular weight is 860 g/mol. The highest BCUT2D eigenvalue weighted by atomic mass is 15.1. The number of benzene rings is 11. The molecule has 0 aliphatic rings. The number of fused-ring (bicyclic) bond motifs is 6. The second-order valence-corrected chi connectivity index (χ2v) is 18.7. The van der Waals surface area contributed by atoms with Crippen LogP contribution in [0.15, 0.2) is 237 Å². The molecule has 1 N–H and O–H groups in total. The molecule has 3 heteroatoms. The Morgan fingerprint density at radius 1 is 0.299 bits per heavy atom. The number of H-pyrrole nitrogens is 1. The molecule has 0 unspecified atom stereocenters. The summed E-state index contributed by atoms with van der Waals surface area (Å²) in [4.78, 5) is 8.46. The molecule has 1 heterocycles. The Morgan fingerprint density at radius 2 is 0.746 bits per heavy atom. The Hall–Kier alpha value is -8.40. The number of anilines is 6. The zero-order valence-electron chi connectivity index (χ0n) is 37.9. The molecule has 0 aliphatic heterocycles. The fraction of sp³-hybridized carbons (Fsp3) is 0.0625. The standard InChI is InChI=1S/C64H49N3/c1-64(2,3)47-30-32-51(33-31-47)67(50-23-11-6-12-24-50)53-35-36-55-59(42-53)63(46-29-38-61-57(40-46)54-25-15-16-26-60(54)65-61)56-37-34-52(66(48-19-7-4-8-20-48)49-21-9-5-10-22-49)41-58(56)62(55)45-28-27-43-17-13-14-18-44(43)39-45/h4-42,65H,1-3H3. The zero-order valence-corrected chi connectivity index (χ0v) is 37.9. The minimum absolute atomic E-state index is 0.0408. The van der Waals surface area contributed by atoms with Crippen LogP contribution in [0.5, 0.6) is 0 Å². The van der Waals surface area contributed by atoms with E-state index in [9.17, 15) is 0 Å². The van der Waals surface area contributed by atoms with Gasteiger partial charge in [0.15, 0.2) is 0 Å². The maximum atomic E-state index is 3.69. The Balaban J connectivity index is 1.20. The van der Waals surface area contributed by atoms with Crippen molar-refractivity contribution < 1.29 is 0 Å². The van der Waals surface area contributed by atoms with Crippen LogP contribution in [0, 0.1) is 0 Å². The maximum Gasteiger partial charge on any atom is 0.0468 e. The van der Waals surface area contributed by atoms with Gasteiger partial charge in [0.1, 0.15) is 0 Å². The molecule has 1 aromatic heterocycles. The number of rotatable bonds is 8. The summed E-state index contributed by atoms with van der Waals surface area (Å²) in [6.07, 6.45) is 0. The normalized spacial score (nSPS) is 11.8. The van der Waals surface area contributed by atoms with Gasteiger partial charge >= 0.3 is 0 Å². The minimum Gasteiger partial charge on any atom is -0.355 e. The summed E-state index contributed by atoms with van der Waals surface area (Å²) >= 11 is 0. The first kappa shape index (κ1) is 40.1. The van der Waals surface area contributed by atoms with Crippen molar-refractivity contribution in [1.29, 1.82) is 0 Å². The van der Waals surface area contributed by atoms with Gasteiger partial charge in [-0.2, -0.15) is 0 Å². The molecule has 12 rings (SSSR count). The monoisotopic (exact) mass is 859 g/mol. The molecule has 67 heavy (non-hydrogen) atoms. The fourth-order valence-electron chi connectivity index (χ4n) is 10.2. The number of aromatic nitrogens is 1. The molecule has 3 nitrogen and oxygen atoms in total. The molecule has 0 saturated heterocycles. The molecule has 0 spiro atoms. The van der Waals surface area contributed by atoms with Crippen molar-refractivity contribution in [3.05, 3.63) is 242 Å². The van der Waals surface area contributed by atoms with Gasteiger partial charge in [0.05, 0.1) is 0 Å². The van der Waals surface area contributed by atoms with Gasteiger partial charge in [-0.25, -0.2) is 0 Å². The molecule has 11 aromatic carbocycles. The van der Waals surface area contributed by atoms with E-state index in [2.05, 4.69) is 272 Å². The summed E-state index contributed by atoms with van der Waals surface area (Å²) in [6, 6.07) is 86.8. The Morgan fingerprint density at radius 3 is 1.31 bits per heavy atom. The molecule has 0 bridgehead atoms. The first-order valence-corrected chi connectivity index (χ1v) is 23.3. The van der Waals surface area contributed by atoms with Crippen LogP contribution in [0.3, 0.4) is 0 Å². The summed E-state index contributed by atoms with van der Waals surface area (Å²) in [6.45, 7) is 6.82. The van der Waals surface area contributed by atoms with Crippen LogP contribution in [-0.2, 0) is 5.41 Å². The van der Waals surface area contributed by atoms with Gasteiger partial charge in [-0.3, -0.25) is 0 Å². The third-order valence-corrected chi connectivity index (χ3v) is 13.5. The van der Waals surface area contributed by atoms with Crippen molar-refractivity contribution in [2.45, 2.75) is 26.2 Å². The molecule has 0 saturated carbocycles. The summed E-state index contributed by atoms with van der Waals surface area (Å²) in [5.41, 5.74) is 15.0. The van der Waals surface area contributed by atoms with E-state index in [1.165, 1.54) is 70.9 Å². The second kappa shape index (κ2) is 16.2. The number of hydrogen-bond donors (Lipinski definition) is 1. The lowest BCUT2D eigenvalue weighted by molar-refractivity contribution is 0.590. The molecule has 0 atom stereocenters. The zero-order chi connectivity index (χ0) is 45.1. The first-order chi connectivity index (χ1) is 32.9. The molecule has 320 valence electrons.